The molecule has 34 heavy (non-hydrogen) atoms. The smallest absolute Gasteiger partial charge is 0.291 e. The third-order valence-electron chi connectivity index (χ3n) is 5.48. The van der Waals surface area contributed by atoms with Gasteiger partial charge in [-0.25, -0.2) is 0 Å². The first-order chi connectivity index (χ1) is 16.6. The van der Waals surface area contributed by atoms with Gasteiger partial charge in [0.2, 0.25) is 0 Å². The van der Waals surface area contributed by atoms with Gasteiger partial charge in [-0.3, -0.25) is 14.3 Å². The first kappa shape index (κ1) is 23.3. The molecule has 0 unspecified atom stereocenters. The number of hydrogen-bond donors (Lipinski definition) is 1. The number of ether oxygens (including phenoxy) is 2. The number of allylic oxidation sites excluding steroid dienone is 1. The number of carbonyl (C=O) groups is 2. The Hall–Kier alpha value is -3.85. The van der Waals surface area contributed by atoms with Gasteiger partial charge in [0.05, 0.1) is 25.1 Å². The number of anilines is 1. The fourth-order valence-electron chi connectivity index (χ4n) is 3.74. The van der Waals surface area contributed by atoms with Crippen LogP contribution in [0.3, 0.4) is 0 Å². The molecule has 0 bridgehead atoms. The molecule has 2 aromatic heterocycles. The second-order valence-corrected chi connectivity index (χ2v) is 7.74. The molecule has 3 aromatic rings. The highest BCUT2D eigenvalue weighted by Gasteiger charge is 2.26. The van der Waals surface area contributed by atoms with Gasteiger partial charge in [0.25, 0.3) is 11.8 Å². The van der Waals surface area contributed by atoms with Gasteiger partial charge in [-0.2, -0.15) is 5.10 Å². The minimum atomic E-state index is -0.468. The summed E-state index contributed by atoms with van der Waals surface area (Å²) < 4.78 is 18.5. The van der Waals surface area contributed by atoms with Gasteiger partial charge >= 0.3 is 0 Å². The zero-order chi connectivity index (χ0) is 23.9. The molecule has 3 heterocycles. The maximum absolute atomic E-state index is 13.1. The Morgan fingerprint density at radius 3 is 2.76 bits per heavy atom. The van der Waals surface area contributed by atoms with E-state index in [1.807, 2.05) is 37.3 Å². The minimum Gasteiger partial charge on any atom is -0.485 e. The average molecular weight is 465 g/mol. The van der Waals surface area contributed by atoms with E-state index in [0.717, 1.165) is 11.3 Å². The maximum atomic E-state index is 13.1. The number of rotatable bonds is 9. The molecule has 0 aliphatic carbocycles. The first-order valence-electron chi connectivity index (χ1n) is 11.2. The van der Waals surface area contributed by atoms with E-state index in [1.54, 1.807) is 21.7 Å². The number of furan rings is 1. The topological polar surface area (TPSA) is 98.8 Å². The van der Waals surface area contributed by atoms with Gasteiger partial charge in [0, 0.05) is 19.6 Å². The summed E-state index contributed by atoms with van der Waals surface area (Å²) in [5.74, 6) is 0.706. The normalized spacial score (nSPS) is 13.5. The number of nitrogens with one attached hydrogen (secondary N) is 1. The molecule has 1 aliphatic heterocycles. The summed E-state index contributed by atoms with van der Waals surface area (Å²) in [5.41, 5.74) is 1.70. The van der Waals surface area contributed by atoms with E-state index in [0.29, 0.717) is 56.4 Å². The zero-order valence-corrected chi connectivity index (χ0v) is 19.2. The number of benzene rings is 1. The average Bonchev–Trinajstić information content (AvgIpc) is 3.51. The number of morpholine rings is 1. The second-order valence-electron chi connectivity index (χ2n) is 7.74. The van der Waals surface area contributed by atoms with Crippen LogP contribution < -0.4 is 10.1 Å². The largest absolute Gasteiger partial charge is 0.485 e. The van der Waals surface area contributed by atoms with E-state index >= 15 is 0 Å². The Morgan fingerprint density at radius 1 is 1.21 bits per heavy atom. The molecule has 4 rings (SSSR count). The molecule has 1 aliphatic rings. The molecule has 1 fully saturated rings. The number of para-hydroxylation sites is 1. The van der Waals surface area contributed by atoms with E-state index in [-0.39, 0.29) is 18.3 Å². The molecular formula is C25H28N4O5. The van der Waals surface area contributed by atoms with E-state index < -0.39 is 5.91 Å². The summed E-state index contributed by atoms with van der Waals surface area (Å²) in [5, 5.41) is 7.02. The van der Waals surface area contributed by atoms with Crippen LogP contribution in [0.15, 0.2) is 59.7 Å². The first-order valence-corrected chi connectivity index (χ1v) is 11.2. The lowest BCUT2D eigenvalue weighted by molar-refractivity contribution is 0.0295. The fourth-order valence-corrected chi connectivity index (χ4v) is 3.74. The number of nitrogens with zero attached hydrogens (tertiary/aromatic N) is 3. The Balaban J connectivity index is 1.44. The number of aryl methyl sites for hydroxylation is 1. The van der Waals surface area contributed by atoms with Crippen LogP contribution in [0, 0.1) is 0 Å². The molecular weight excluding hydrogens is 436 g/mol. The Morgan fingerprint density at radius 2 is 2.00 bits per heavy atom. The summed E-state index contributed by atoms with van der Waals surface area (Å²) in [4.78, 5) is 27.6. The molecule has 2 amide bonds. The van der Waals surface area contributed by atoms with Crippen LogP contribution in [0.1, 0.15) is 39.3 Å². The van der Waals surface area contributed by atoms with Crippen molar-refractivity contribution in [3.63, 3.8) is 0 Å². The van der Waals surface area contributed by atoms with Crippen LogP contribution in [0.5, 0.6) is 5.75 Å². The van der Waals surface area contributed by atoms with E-state index in [1.165, 1.54) is 6.20 Å². The van der Waals surface area contributed by atoms with E-state index in [9.17, 15) is 9.59 Å². The summed E-state index contributed by atoms with van der Waals surface area (Å²) in [7, 11) is 0. The molecule has 0 saturated carbocycles. The van der Waals surface area contributed by atoms with Crippen molar-refractivity contribution in [1.82, 2.24) is 14.7 Å². The highest BCUT2D eigenvalue weighted by atomic mass is 16.5. The third kappa shape index (κ3) is 5.20. The lowest BCUT2D eigenvalue weighted by Gasteiger charge is -2.27. The molecule has 0 spiro atoms. The van der Waals surface area contributed by atoms with Crippen LogP contribution in [0.4, 0.5) is 5.69 Å². The molecule has 0 radical (unpaired) electrons. The Bertz CT molecular complexity index is 1160. The van der Waals surface area contributed by atoms with Crippen molar-refractivity contribution in [3.8, 4) is 5.75 Å². The number of amides is 2. The number of hydrogen-bond acceptors (Lipinski definition) is 6. The van der Waals surface area contributed by atoms with Crippen molar-refractivity contribution >= 4 is 17.5 Å². The lowest BCUT2D eigenvalue weighted by atomic mass is 10.1. The van der Waals surface area contributed by atoms with Gasteiger partial charge in [-0.1, -0.05) is 24.3 Å². The molecule has 178 valence electrons. The van der Waals surface area contributed by atoms with Crippen molar-refractivity contribution in [2.24, 2.45) is 0 Å². The molecule has 1 N–H and O–H groups in total. The lowest BCUT2D eigenvalue weighted by Crippen LogP contribution is -2.41. The highest BCUT2D eigenvalue weighted by molar-refractivity contribution is 6.07. The predicted octanol–water partition coefficient (Wildman–Crippen LogP) is 3.53. The van der Waals surface area contributed by atoms with Crippen LogP contribution in [0.25, 0.3) is 0 Å². The zero-order valence-electron chi connectivity index (χ0n) is 19.2. The Kier molecular flexibility index (Phi) is 7.44. The SMILES string of the molecule is C=CCc1ccccc1OCc1ccc(C(=O)Nc2cnn(CC)c2C(=O)N2CCOCC2)o1. The van der Waals surface area contributed by atoms with Gasteiger partial charge in [0.15, 0.2) is 5.76 Å². The summed E-state index contributed by atoms with van der Waals surface area (Å²) in [6, 6.07) is 11.0. The summed E-state index contributed by atoms with van der Waals surface area (Å²) >= 11 is 0. The predicted molar refractivity (Wildman–Crippen MR) is 126 cm³/mol. The summed E-state index contributed by atoms with van der Waals surface area (Å²) in [6.45, 7) is 8.31. The van der Waals surface area contributed by atoms with E-state index in [2.05, 4.69) is 17.0 Å². The molecule has 1 saturated heterocycles. The minimum absolute atomic E-state index is 0.118. The van der Waals surface area contributed by atoms with Crippen molar-refractivity contribution in [3.05, 3.63) is 78.0 Å². The standard InChI is InChI=1S/C25H28N4O5/c1-3-7-18-8-5-6-9-21(18)33-17-19-10-11-22(34-19)24(30)27-20-16-26-29(4-2)23(20)25(31)28-12-14-32-15-13-28/h3,5-6,8-11,16H,1,4,7,12-15,17H2,2H3,(H,27,30). The number of carbonyl (C=O) groups excluding carboxylic acids is 2. The van der Waals surface area contributed by atoms with Crippen molar-refractivity contribution in [2.75, 3.05) is 31.6 Å². The maximum Gasteiger partial charge on any atom is 0.291 e. The van der Waals surface area contributed by atoms with Gasteiger partial charge < -0.3 is 24.1 Å². The van der Waals surface area contributed by atoms with Gasteiger partial charge in [-0.05, 0) is 37.1 Å². The van der Waals surface area contributed by atoms with E-state index in [4.69, 9.17) is 13.9 Å². The monoisotopic (exact) mass is 464 g/mol. The van der Waals surface area contributed by atoms with Crippen molar-refractivity contribution < 1.29 is 23.5 Å². The highest BCUT2D eigenvalue weighted by Crippen LogP contribution is 2.22. The fraction of sp³-hybridized carbons (Fsp3) is 0.320. The molecule has 1 aromatic carbocycles. The Labute approximate surface area is 197 Å². The van der Waals surface area contributed by atoms with Crippen molar-refractivity contribution in [1.29, 1.82) is 0 Å². The van der Waals surface area contributed by atoms with Gasteiger partial charge in [0.1, 0.15) is 23.8 Å². The second kappa shape index (κ2) is 10.8. The van der Waals surface area contributed by atoms with Gasteiger partial charge in [-0.15, -0.1) is 6.58 Å². The number of aromatic nitrogens is 2. The molecule has 0 atom stereocenters. The molecule has 9 heteroatoms. The van der Waals surface area contributed by atoms with Crippen LogP contribution in [-0.2, 0) is 24.3 Å². The molecule has 9 nitrogen and oxygen atoms in total. The summed E-state index contributed by atoms with van der Waals surface area (Å²) in [6.07, 6.45) is 3.99. The van der Waals surface area contributed by atoms with Crippen LogP contribution in [-0.4, -0.2) is 52.8 Å². The quantitative estimate of drug-likeness (QED) is 0.487. The van der Waals surface area contributed by atoms with Crippen LogP contribution in [0.2, 0.25) is 0 Å². The third-order valence-corrected chi connectivity index (χ3v) is 5.48. The van der Waals surface area contributed by atoms with Crippen molar-refractivity contribution in [2.45, 2.75) is 26.5 Å². The van der Waals surface area contributed by atoms with Crippen LogP contribution >= 0.6 is 0 Å².